The average Bonchev–Trinajstić information content (AvgIpc) is 2.82. The van der Waals surface area contributed by atoms with Crippen LogP contribution < -0.4 is 26.0 Å². The number of amides is 1. The largest absolute Gasteiger partial charge is 0.493 e. The van der Waals surface area contributed by atoms with Crippen molar-refractivity contribution in [2.45, 2.75) is 6.54 Å². The van der Waals surface area contributed by atoms with Crippen molar-refractivity contribution in [1.82, 2.24) is 9.13 Å². The molecule has 3 aromatic carbocycles. The molecular weight excluding hydrogens is 526 g/mol. The number of carbonyl (C=O) groups excluding carboxylic acids is 1. The van der Waals surface area contributed by atoms with Crippen LogP contribution in [-0.2, 0) is 11.3 Å². The summed E-state index contributed by atoms with van der Waals surface area (Å²) in [6, 6.07) is 16.3. The van der Waals surface area contributed by atoms with Gasteiger partial charge in [0.25, 0.3) is 5.56 Å². The molecule has 0 spiro atoms. The maximum atomic E-state index is 13.4. The highest BCUT2D eigenvalue weighted by Crippen LogP contribution is 2.29. The fourth-order valence-corrected chi connectivity index (χ4v) is 4.15. The Kier molecular flexibility index (Phi) is 6.76. The highest BCUT2D eigenvalue weighted by atomic mass is 79.9. The molecule has 10 heteroatoms. The molecule has 0 bridgehead atoms. The van der Waals surface area contributed by atoms with E-state index in [4.69, 9.17) is 21.1 Å². The summed E-state index contributed by atoms with van der Waals surface area (Å²) >= 11 is 9.45. The molecule has 1 amide bonds. The van der Waals surface area contributed by atoms with Gasteiger partial charge >= 0.3 is 5.69 Å². The topological polar surface area (TPSA) is 91.6 Å². The van der Waals surface area contributed by atoms with Crippen molar-refractivity contribution >= 4 is 50.0 Å². The standard InChI is InChI=1S/C24H19BrClN3O5/c1-33-20-9-7-16(12-21(20)34-2)27-22(30)13-28-19-8-6-14(25)10-18(19)23(31)29(24(28)32)17-5-3-4-15(26)11-17/h3-12H,13H2,1-2H3,(H,27,30). The second-order valence-electron chi connectivity index (χ2n) is 7.27. The minimum atomic E-state index is -0.662. The van der Waals surface area contributed by atoms with Gasteiger partial charge < -0.3 is 14.8 Å². The number of carbonyl (C=O) groups is 1. The molecule has 0 saturated heterocycles. The minimum absolute atomic E-state index is 0.271. The monoisotopic (exact) mass is 543 g/mol. The van der Waals surface area contributed by atoms with Gasteiger partial charge in [0.1, 0.15) is 6.54 Å². The molecule has 34 heavy (non-hydrogen) atoms. The maximum Gasteiger partial charge on any atom is 0.336 e. The summed E-state index contributed by atoms with van der Waals surface area (Å²) in [5.41, 5.74) is -0.0760. The van der Waals surface area contributed by atoms with Crippen LogP contribution in [0.2, 0.25) is 5.02 Å². The van der Waals surface area contributed by atoms with Gasteiger partial charge in [0, 0.05) is 21.2 Å². The molecular formula is C24H19BrClN3O5. The van der Waals surface area contributed by atoms with Gasteiger partial charge in [-0.25, -0.2) is 9.36 Å². The molecule has 1 aromatic heterocycles. The minimum Gasteiger partial charge on any atom is -0.493 e. The molecule has 0 atom stereocenters. The van der Waals surface area contributed by atoms with Crippen molar-refractivity contribution in [3.8, 4) is 17.2 Å². The molecule has 0 radical (unpaired) electrons. The quantitative estimate of drug-likeness (QED) is 0.392. The van der Waals surface area contributed by atoms with Gasteiger partial charge in [0.05, 0.1) is 30.8 Å². The Morgan fingerprint density at radius 1 is 1.00 bits per heavy atom. The molecule has 0 unspecified atom stereocenters. The number of aromatic nitrogens is 2. The van der Waals surface area contributed by atoms with Crippen LogP contribution in [0.25, 0.3) is 16.6 Å². The molecule has 4 aromatic rings. The highest BCUT2D eigenvalue weighted by molar-refractivity contribution is 9.10. The summed E-state index contributed by atoms with van der Waals surface area (Å²) in [6.07, 6.45) is 0. The van der Waals surface area contributed by atoms with Crippen molar-refractivity contribution in [1.29, 1.82) is 0 Å². The van der Waals surface area contributed by atoms with Crippen LogP contribution in [0.15, 0.2) is 74.7 Å². The molecule has 174 valence electrons. The smallest absolute Gasteiger partial charge is 0.336 e. The van der Waals surface area contributed by atoms with Crippen LogP contribution in [0, 0.1) is 0 Å². The zero-order valence-corrected chi connectivity index (χ0v) is 20.5. The van der Waals surface area contributed by atoms with Crippen molar-refractivity contribution in [2.75, 3.05) is 19.5 Å². The van der Waals surface area contributed by atoms with E-state index < -0.39 is 17.2 Å². The summed E-state index contributed by atoms with van der Waals surface area (Å²) in [5, 5.41) is 3.39. The van der Waals surface area contributed by atoms with E-state index in [-0.39, 0.29) is 11.9 Å². The number of anilines is 1. The van der Waals surface area contributed by atoms with Gasteiger partial charge in [-0.2, -0.15) is 0 Å². The third-order valence-corrected chi connectivity index (χ3v) is 5.87. The fraction of sp³-hybridized carbons (Fsp3) is 0.125. The number of nitrogens with zero attached hydrogens (tertiary/aromatic N) is 2. The zero-order chi connectivity index (χ0) is 24.4. The first-order valence-electron chi connectivity index (χ1n) is 10.1. The first-order chi connectivity index (χ1) is 16.3. The lowest BCUT2D eigenvalue weighted by Gasteiger charge is -2.15. The SMILES string of the molecule is COc1ccc(NC(=O)Cn2c(=O)n(-c3cccc(Cl)c3)c(=O)c3cc(Br)ccc32)cc1OC. The molecule has 0 aliphatic carbocycles. The Morgan fingerprint density at radius 3 is 2.47 bits per heavy atom. The molecule has 0 aliphatic rings. The zero-order valence-electron chi connectivity index (χ0n) is 18.2. The van der Waals surface area contributed by atoms with Crippen LogP contribution in [0.5, 0.6) is 11.5 Å². The third kappa shape index (κ3) is 4.57. The first kappa shape index (κ1) is 23.6. The van der Waals surface area contributed by atoms with Crippen LogP contribution in [0.4, 0.5) is 5.69 Å². The van der Waals surface area contributed by atoms with Crippen molar-refractivity contribution in [2.24, 2.45) is 0 Å². The Morgan fingerprint density at radius 2 is 1.76 bits per heavy atom. The van der Waals surface area contributed by atoms with E-state index >= 15 is 0 Å². The van der Waals surface area contributed by atoms with E-state index in [1.54, 1.807) is 54.6 Å². The fourth-order valence-electron chi connectivity index (χ4n) is 3.60. The summed E-state index contributed by atoms with van der Waals surface area (Å²) in [4.78, 5) is 39.6. The number of methoxy groups -OCH3 is 2. The summed E-state index contributed by atoms with van der Waals surface area (Å²) in [7, 11) is 3.01. The number of halogens is 2. The van der Waals surface area contributed by atoms with Crippen LogP contribution in [0.1, 0.15) is 0 Å². The van der Waals surface area contributed by atoms with Gasteiger partial charge in [-0.15, -0.1) is 0 Å². The normalized spacial score (nSPS) is 10.8. The Balaban J connectivity index is 1.80. The van der Waals surface area contributed by atoms with Gasteiger partial charge in [0.2, 0.25) is 5.91 Å². The number of rotatable bonds is 6. The number of benzene rings is 3. The van der Waals surface area contributed by atoms with E-state index in [0.29, 0.717) is 37.9 Å². The van der Waals surface area contributed by atoms with Crippen LogP contribution in [-0.4, -0.2) is 29.3 Å². The Hall–Kier alpha value is -3.56. The number of fused-ring (bicyclic) bond motifs is 1. The summed E-state index contributed by atoms with van der Waals surface area (Å²) in [5.74, 6) is 0.499. The van der Waals surface area contributed by atoms with E-state index in [9.17, 15) is 14.4 Å². The van der Waals surface area contributed by atoms with Crippen LogP contribution >= 0.6 is 27.5 Å². The number of hydrogen-bond donors (Lipinski definition) is 1. The second-order valence-corrected chi connectivity index (χ2v) is 8.62. The summed E-state index contributed by atoms with van der Waals surface area (Å²) < 4.78 is 13.4. The molecule has 0 aliphatic heterocycles. The van der Waals surface area contributed by atoms with E-state index in [1.807, 2.05) is 0 Å². The van der Waals surface area contributed by atoms with Crippen molar-refractivity contribution in [3.05, 3.63) is 91.0 Å². The molecule has 1 heterocycles. The second kappa shape index (κ2) is 9.74. The lowest BCUT2D eigenvalue weighted by Crippen LogP contribution is -2.40. The van der Waals surface area contributed by atoms with E-state index in [0.717, 1.165) is 4.57 Å². The Bertz CT molecular complexity index is 1530. The molecule has 1 N–H and O–H groups in total. The molecule has 8 nitrogen and oxygen atoms in total. The van der Waals surface area contributed by atoms with Crippen molar-refractivity contribution < 1.29 is 14.3 Å². The maximum absolute atomic E-state index is 13.4. The number of hydrogen-bond acceptors (Lipinski definition) is 5. The molecule has 0 saturated carbocycles. The van der Waals surface area contributed by atoms with E-state index in [1.165, 1.54) is 24.9 Å². The Labute approximate surface area is 207 Å². The number of nitrogens with one attached hydrogen (secondary N) is 1. The van der Waals surface area contributed by atoms with Gasteiger partial charge in [-0.1, -0.05) is 33.6 Å². The third-order valence-electron chi connectivity index (χ3n) is 5.14. The summed E-state index contributed by atoms with van der Waals surface area (Å²) in [6.45, 7) is -0.327. The lowest BCUT2D eigenvalue weighted by atomic mass is 10.2. The van der Waals surface area contributed by atoms with Gasteiger partial charge in [0.15, 0.2) is 11.5 Å². The van der Waals surface area contributed by atoms with Crippen LogP contribution in [0.3, 0.4) is 0 Å². The van der Waals surface area contributed by atoms with Gasteiger partial charge in [-0.05, 0) is 48.5 Å². The predicted molar refractivity (Wildman–Crippen MR) is 135 cm³/mol. The predicted octanol–water partition coefficient (Wildman–Crippen LogP) is 4.22. The highest BCUT2D eigenvalue weighted by Gasteiger charge is 2.18. The first-order valence-corrected chi connectivity index (χ1v) is 11.2. The lowest BCUT2D eigenvalue weighted by molar-refractivity contribution is -0.116. The van der Waals surface area contributed by atoms with Crippen molar-refractivity contribution in [3.63, 3.8) is 0 Å². The molecule has 0 fully saturated rings. The molecule has 4 rings (SSSR count). The average molecular weight is 545 g/mol. The van der Waals surface area contributed by atoms with E-state index in [2.05, 4.69) is 21.2 Å². The number of ether oxygens (including phenoxy) is 2. The van der Waals surface area contributed by atoms with Gasteiger partial charge in [-0.3, -0.25) is 14.2 Å².